The van der Waals surface area contributed by atoms with Crippen LogP contribution in [0.3, 0.4) is 0 Å². The van der Waals surface area contributed by atoms with Crippen molar-refractivity contribution in [3.05, 3.63) is 78.9 Å². The van der Waals surface area contributed by atoms with Crippen LogP contribution in [0.1, 0.15) is 31.4 Å². The second kappa shape index (κ2) is 9.57. The number of nitrogens with zero attached hydrogens (tertiary/aromatic N) is 5. The summed E-state index contributed by atoms with van der Waals surface area (Å²) in [4.78, 5) is 40.2. The lowest BCUT2D eigenvalue weighted by molar-refractivity contribution is -0.479. The number of benzene rings is 1. The molecule has 2 amide bonds. The van der Waals surface area contributed by atoms with Crippen LogP contribution in [-0.2, 0) is 9.59 Å². The maximum Gasteiger partial charge on any atom is 0.322 e. The largest absolute Gasteiger partial charge is 0.485 e. The number of amides is 2. The van der Waals surface area contributed by atoms with Gasteiger partial charge in [0.05, 0.1) is 23.8 Å². The highest BCUT2D eigenvalue weighted by molar-refractivity contribution is 6.61. The molecule has 0 saturated carbocycles. The number of hydrogen-bond donors (Lipinski definition) is 2. The number of carbonyl (C=O) groups excluding carboxylic acids is 2. The molecule has 6 heterocycles. The number of hydrogen-bond acceptors (Lipinski definition) is 7. The first-order valence-corrected chi connectivity index (χ1v) is 13.2. The Bertz CT molecular complexity index is 1690. The van der Waals surface area contributed by atoms with Crippen molar-refractivity contribution >= 4 is 46.6 Å². The van der Waals surface area contributed by atoms with E-state index in [0.717, 1.165) is 41.1 Å². The van der Waals surface area contributed by atoms with Gasteiger partial charge in [0.15, 0.2) is 6.20 Å². The Hall–Kier alpha value is -5.12. The molecule has 0 bridgehead atoms. The zero-order chi connectivity index (χ0) is 27.2. The normalized spacial score (nSPS) is 20.2. The minimum atomic E-state index is -0.265. The number of nitrogens with one attached hydrogen (secondary N) is 2. The van der Waals surface area contributed by atoms with Crippen molar-refractivity contribution in [1.82, 2.24) is 9.97 Å². The predicted octanol–water partition coefficient (Wildman–Crippen LogP) is 4.35. The molecule has 2 atom stereocenters. The first-order chi connectivity index (χ1) is 19.5. The van der Waals surface area contributed by atoms with E-state index in [0.29, 0.717) is 29.3 Å². The average Bonchev–Trinajstić information content (AvgIpc) is 3.59. The van der Waals surface area contributed by atoms with Crippen LogP contribution in [0, 0.1) is 0 Å². The van der Waals surface area contributed by atoms with Crippen molar-refractivity contribution in [2.24, 2.45) is 4.99 Å². The van der Waals surface area contributed by atoms with E-state index in [-0.39, 0.29) is 24.1 Å². The van der Waals surface area contributed by atoms with E-state index in [9.17, 15) is 9.59 Å². The van der Waals surface area contributed by atoms with Crippen molar-refractivity contribution in [2.45, 2.75) is 32.0 Å². The van der Waals surface area contributed by atoms with Gasteiger partial charge < -0.3 is 20.3 Å². The lowest BCUT2D eigenvalue weighted by atomic mass is 9.94. The van der Waals surface area contributed by atoms with Gasteiger partial charge in [0.2, 0.25) is 5.91 Å². The highest BCUT2D eigenvalue weighted by Crippen LogP contribution is 2.44. The van der Waals surface area contributed by atoms with Crippen LogP contribution in [0.5, 0.6) is 5.75 Å². The highest BCUT2D eigenvalue weighted by atomic mass is 16.5. The molecule has 10 heteroatoms. The van der Waals surface area contributed by atoms with E-state index in [1.807, 2.05) is 71.3 Å². The van der Waals surface area contributed by atoms with Crippen LogP contribution in [0.25, 0.3) is 11.1 Å². The number of aliphatic imine (C=N–C) groups is 1. The fourth-order valence-electron chi connectivity index (χ4n) is 5.42. The zero-order valence-electron chi connectivity index (χ0n) is 21.7. The Morgan fingerprint density at radius 1 is 1.10 bits per heavy atom. The van der Waals surface area contributed by atoms with Crippen LogP contribution in [-0.4, -0.2) is 51.0 Å². The monoisotopic (exact) mass is 532 g/mol. The number of carbonyl (C=O) groups is 2. The molecule has 0 aliphatic carbocycles. The summed E-state index contributed by atoms with van der Waals surface area (Å²) in [6, 6.07) is 9.68. The number of pyridine rings is 2. The third kappa shape index (κ3) is 4.23. The van der Waals surface area contributed by atoms with Gasteiger partial charge in [-0.25, -0.2) is 9.98 Å². The van der Waals surface area contributed by atoms with Gasteiger partial charge in [0.25, 0.3) is 11.9 Å². The molecule has 0 spiro atoms. The van der Waals surface area contributed by atoms with E-state index < -0.39 is 0 Å². The van der Waals surface area contributed by atoms with Crippen LogP contribution in [0.2, 0.25) is 0 Å². The van der Waals surface area contributed by atoms with E-state index in [4.69, 9.17) is 4.74 Å². The molecular weight excluding hydrogens is 506 g/mol. The van der Waals surface area contributed by atoms with Gasteiger partial charge in [-0.3, -0.25) is 14.6 Å². The third-order valence-electron chi connectivity index (χ3n) is 7.37. The zero-order valence-corrected chi connectivity index (χ0v) is 21.7. The maximum atomic E-state index is 12.9. The Kier molecular flexibility index (Phi) is 5.73. The van der Waals surface area contributed by atoms with Gasteiger partial charge >= 0.3 is 5.91 Å². The fourth-order valence-corrected chi connectivity index (χ4v) is 5.42. The van der Waals surface area contributed by atoms with Gasteiger partial charge in [-0.05, 0) is 37.6 Å². The molecule has 1 fully saturated rings. The average molecular weight is 533 g/mol. The van der Waals surface area contributed by atoms with Gasteiger partial charge in [-0.2, -0.15) is 4.58 Å². The smallest absolute Gasteiger partial charge is 0.322 e. The topological polar surface area (TPSA) is 112 Å². The molecular formula is C30H26N7O3+. The lowest BCUT2D eigenvalue weighted by Crippen LogP contribution is -2.31. The molecule has 1 saturated heterocycles. The number of rotatable bonds is 5. The van der Waals surface area contributed by atoms with Crippen molar-refractivity contribution in [1.29, 1.82) is 0 Å². The van der Waals surface area contributed by atoms with E-state index in [1.165, 1.54) is 0 Å². The first-order valence-electron chi connectivity index (χ1n) is 13.2. The molecule has 0 radical (unpaired) electrons. The Morgan fingerprint density at radius 2 is 2.00 bits per heavy atom. The fraction of sp³-hybridized carbons (Fsp3) is 0.200. The van der Waals surface area contributed by atoms with Crippen molar-refractivity contribution in [3.8, 4) is 16.9 Å². The summed E-state index contributed by atoms with van der Waals surface area (Å²) in [6.07, 6.45) is 15.3. The molecule has 10 nitrogen and oxygen atoms in total. The Balaban J connectivity index is 1.10. The Labute approximate surface area is 230 Å². The summed E-state index contributed by atoms with van der Waals surface area (Å²) < 4.78 is 8.08. The van der Waals surface area contributed by atoms with Crippen LogP contribution in [0.15, 0.2) is 78.3 Å². The van der Waals surface area contributed by atoms with E-state index >= 15 is 0 Å². The van der Waals surface area contributed by atoms with Crippen molar-refractivity contribution in [3.63, 3.8) is 0 Å². The third-order valence-corrected chi connectivity index (χ3v) is 7.37. The first kappa shape index (κ1) is 24.0. The molecule has 2 unspecified atom stereocenters. The molecule has 2 aromatic heterocycles. The second-order valence-electron chi connectivity index (χ2n) is 10.00. The molecule has 1 aromatic carbocycles. The van der Waals surface area contributed by atoms with Crippen LogP contribution in [0.4, 0.5) is 22.9 Å². The molecule has 7 rings (SSSR count). The summed E-state index contributed by atoms with van der Waals surface area (Å²) in [5.74, 6) is 1.27. The van der Waals surface area contributed by atoms with Crippen LogP contribution >= 0.6 is 0 Å². The molecule has 3 aromatic rings. The second-order valence-corrected chi connectivity index (χ2v) is 10.00. The highest BCUT2D eigenvalue weighted by Gasteiger charge is 2.32. The van der Waals surface area contributed by atoms with E-state index in [1.54, 1.807) is 24.7 Å². The summed E-state index contributed by atoms with van der Waals surface area (Å²) in [5, 5.41) is 6.19. The number of anilines is 4. The molecule has 40 heavy (non-hydrogen) atoms. The number of aromatic nitrogens is 2. The summed E-state index contributed by atoms with van der Waals surface area (Å²) >= 11 is 0. The number of fused-ring (bicyclic) bond motifs is 4. The summed E-state index contributed by atoms with van der Waals surface area (Å²) in [6.45, 7) is 2.74. The summed E-state index contributed by atoms with van der Waals surface area (Å²) in [5.41, 5.74) is 5.50. The van der Waals surface area contributed by atoms with Crippen LogP contribution < -0.4 is 20.3 Å². The van der Waals surface area contributed by atoms with Gasteiger partial charge in [-0.1, -0.05) is 6.08 Å². The molecule has 4 aliphatic heterocycles. The summed E-state index contributed by atoms with van der Waals surface area (Å²) in [7, 11) is 0. The predicted molar refractivity (Wildman–Crippen MR) is 152 cm³/mol. The number of allylic oxidation sites excluding steroid dienone is 2. The maximum absolute atomic E-state index is 12.9. The van der Waals surface area contributed by atoms with Gasteiger partial charge in [0.1, 0.15) is 23.9 Å². The van der Waals surface area contributed by atoms with E-state index in [2.05, 4.69) is 25.6 Å². The minimum absolute atomic E-state index is 0.149. The van der Waals surface area contributed by atoms with Crippen molar-refractivity contribution < 1.29 is 18.9 Å². The van der Waals surface area contributed by atoms with Crippen molar-refractivity contribution in [2.75, 3.05) is 22.1 Å². The molecule has 4 aliphatic rings. The standard InChI is InChI=1S/C30H25N7O3/c1-18-23-13-27(32-16-24(23)22-8-7-21(12-26(22)40-18)36-10-4-6-29(36)38)34-19-11-20(15-31-14-19)35-30(39)25-17-33-28-5-2-3-9-37(25)28/h2-3,5,7-9,11-18,28H,4,6,10H2,1H3,(H-,32,33,34,35,39)/p+1. The molecule has 198 valence electrons. The number of ether oxygens (including phenoxy) is 1. The Morgan fingerprint density at radius 3 is 2.88 bits per heavy atom. The van der Waals surface area contributed by atoms with Gasteiger partial charge in [0, 0.05) is 59.8 Å². The lowest BCUT2D eigenvalue weighted by Gasteiger charge is -2.28. The SMILES string of the molecule is CC1Oc2cc(N3CCCC3=O)ccc2-c2cnc(Nc3cncc(NC(=O)C4=[N+]5C=CC=CC5N=C4)c3)cc21. The van der Waals surface area contributed by atoms with Gasteiger partial charge in [-0.15, -0.1) is 0 Å². The quantitative estimate of drug-likeness (QED) is 0.473. The minimum Gasteiger partial charge on any atom is -0.485 e. The molecule has 2 N–H and O–H groups in total.